The van der Waals surface area contributed by atoms with E-state index in [1.165, 1.54) is 12.7 Å². The van der Waals surface area contributed by atoms with Crippen LogP contribution in [0, 0.1) is 5.92 Å². The summed E-state index contributed by atoms with van der Waals surface area (Å²) >= 11 is 0. The smallest absolute Gasteiger partial charge is 0.305 e. The Kier molecular flexibility index (Phi) is 5.19. The number of ether oxygens (including phenoxy) is 1. The first-order valence-corrected chi connectivity index (χ1v) is 6.40. The number of carbonyl (C=O) groups is 1. The van der Waals surface area contributed by atoms with Crippen molar-refractivity contribution in [3.8, 4) is 0 Å². The lowest BCUT2D eigenvalue weighted by Crippen LogP contribution is -2.35. The summed E-state index contributed by atoms with van der Waals surface area (Å²) in [6, 6.07) is 0. The maximum absolute atomic E-state index is 11.0. The minimum Gasteiger partial charge on any atom is -0.469 e. The summed E-state index contributed by atoms with van der Waals surface area (Å²) in [6.07, 6.45) is 7.07. The zero-order valence-corrected chi connectivity index (χ0v) is 11.2. The van der Waals surface area contributed by atoms with E-state index in [2.05, 4.69) is 17.7 Å². The van der Waals surface area contributed by atoms with Gasteiger partial charge in [0.25, 0.3) is 0 Å². The predicted molar refractivity (Wildman–Crippen MR) is 67.6 cm³/mol. The molecule has 2 atom stereocenters. The molecule has 0 heterocycles. The molecule has 0 aromatic carbocycles. The summed E-state index contributed by atoms with van der Waals surface area (Å²) in [5.74, 6) is 0.129. The van der Waals surface area contributed by atoms with Crippen LogP contribution in [-0.4, -0.2) is 23.8 Å². The minimum absolute atomic E-state index is 0.194. The molecule has 0 aromatic heterocycles. The monoisotopic (exact) mass is 240 g/mol. The molecule has 3 heteroatoms. The van der Waals surface area contributed by atoms with Crippen molar-refractivity contribution in [1.82, 2.24) is 0 Å². The second-order valence-corrected chi connectivity index (χ2v) is 5.31. The van der Waals surface area contributed by atoms with E-state index in [-0.39, 0.29) is 5.97 Å². The Bertz CT molecular complexity index is 292. The number of methoxy groups -OCH3 is 1. The second kappa shape index (κ2) is 6.20. The zero-order valence-electron chi connectivity index (χ0n) is 11.2. The van der Waals surface area contributed by atoms with Gasteiger partial charge in [-0.25, -0.2) is 0 Å². The van der Waals surface area contributed by atoms with E-state index < -0.39 is 5.60 Å². The van der Waals surface area contributed by atoms with Crippen LogP contribution < -0.4 is 0 Å². The summed E-state index contributed by atoms with van der Waals surface area (Å²) in [4.78, 5) is 11.0. The van der Waals surface area contributed by atoms with Crippen molar-refractivity contribution >= 4 is 5.97 Å². The predicted octanol–water partition coefficient (Wildman–Crippen LogP) is 2.83. The van der Waals surface area contributed by atoms with Crippen LogP contribution in [0.4, 0.5) is 0 Å². The highest BCUT2D eigenvalue weighted by Crippen LogP contribution is 2.34. The first-order chi connectivity index (χ1) is 7.95. The highest BCUT2D eigenvalue weighted by atomic mass is 16.5. The van der Waals surface area contributed by atoms with E-state index in [0.717, 1.165) is 19.3 Å². The Morgan fingerprint density at radius 1 is 1.65 bits per heavy atom. The van der Waals surface area contributed by atoms with Crippen molar-refractivity contribution in [2.24, 2.45) is 5.92 Å². The molecule has 1 aliphatic carbocycles. The van der Waals surface area contributed by atoms with Gasteiger partial charge in [0, 0.05) is 6.42 Å². The summed E-state index contributed by atoms with van der Waals surface area (Å²) in [5, 5.41) is 10.4. The van der Waals surface area contributed by atoms with Gasteiger partial charge in [-0.3, -0.25) is 4.79 Å². The van der Waals surface area contributed by atoms with E-state index in [1.54, 1.807) is 0 Å². The van der Waals surface area contributed by atoms with Crippen LogP contribution >= 0.6 is 0 Å². The van der Waals surface area contributed by atoms with Crippen molar-refractivity contribution in [3.05, 3.63) is 11.6 Å². The number of esters is 1. The molecular formula is C14H24O3. The summed E-state index contributed by atoms with van der Waals surface area (Å²) in [5.41, 5.74) is 0.761. The van der Waals surface area contributed by atoms with Crippen LogP contribution in [0.3, 0.4) is 0 Å². The number of rotatable bonds is 5. The van der Waals surface area contributed by atoms with Crippen LogP contribution in [0.2, 0.25) is 0 Å². The first-order valence-electron chi connectivity index (χ1n) is 6.40. The van der Waals surface area contributed by atoms with Crippen LogP contribution in [0.15, 0.2) is 11.6 Å². The van der Waals surface area contributed by atoms with E-state index in [4.69, 9.17) is 0 Å². The molecule has 0 fully saturated rings. The van der Waals surface area contributed by atoms with Gasteiger partial charge in [-0.1, -0.05) is 11.6 Å². The quantitative estimate of drug-likeness (QED) is 0.593. The summed E-state index contributed by atoms with van der Waals surface area (Å²) in [7, 11) is 1.40. The van der Waals surface area contributed by atoms with Gasteiger partial charge >= 0.3 is 5.97 Å². The normalized spacial score (nSPS) is 23.8. The van der Waals surface area contributed by atoms with Gasteiger partial charge in [-0.05, 0) is 51.9 Å². The molecule has 98 valence electrons. The maximum Gasteiger partial charge on any atom is 0.305 e. The van der Waals surface area contributed by atoms with E-state index in [9.17, 15) is 9.90 Å². The largest absolute Gasteiger partial charge is 0.469 e. The van der Waals surface area contributed by atoms with E-state index in [0.29, 0.717) is 25.2 Å². The topological polar surface area (TPSA) is 46.5 Å². The highest BCUT2D eigenvalue weighted by Gasteiger charge is 2.31. The van der Waals surface area contributed by atoms with Gasteiger partial charge in [-0.2, -0.15) is 0 Å². The molecule has 3 nitrogen and oxygen atoms in total. The molecule has 0 amide bonds. The Labute approximate surface area is 104 Å². The van der Waals surface area contributed by atoms with Crippen molar-refractivity contribution in [3.63, 3.8) is 0 Å². The Morgan fingerprint density at radius 2 is 2.35 bits per heavy atom. The molecule has 0 aromatic rings. The van der Waals surface area contributed by atoms with Gasteiger partial charge in [0.1, 0.15) is 0 Å². The lowest BCUT2D eigenvalue weighted by molar-refractivity contribution is -0.141. The standard InChI is InChI=1S/C14H24O3/c1-11-6-8-12(9-7-11)14(2,16)10-4-5-13(15)17-3/h6,12,16H,4-5,7-10H2,1-3H3/t12-,14+/m0/s1. The third kappa shape index (κ3) is 4.50. The zero-order chi connectivity index (χ0) is 12.9. The fourth-order valence-electron chi connectivity index (χ4n) is 2.43. The molecule has 17 heavy (non-hydrogen) atoms. The SMILES string of the molecule is COC(=O)CCC[C@@](C)(O)[C@H]1CC=C(C)CC1. The minimum atomic E-state index is -0.661. The highest BCUT2D eigenvalue weighted by molar-refractivity contribution is 5.68. The van der Waals surface area contributed by atoms with Crippen molar-refractivity contribution in [2.75, 3.05) is 7.11 Å². The third-order valence-corrected chi connectivity index (χ3v) is 3.81. The van der Waals surface area contributed by atoms with E-state index >= 15 is 0 Å². The molecular weight excluding hydrogens is 216 g/mol. The molecule has 0 bridgehead atoms. The van der Waals surface area contributed by atoms with Crippen LogP contribution in [0.5, 0.6) is 0 Å². The van der Waals surface area contributed by atoms with Gasteiger partial charge in [0.15, 0.2) is 0 Å². The Hall–Kier alpha value is -0.830. The second-order valence-electron chi connectivity index (χ2n) is 5.31. The average molecular weight is 240 g/mol. The molecule has 0 saturated heterocycles. The molecule has 1 N–H and O–H groups in total. The molecule has 1 aliphatic rings. The van der Waals surface area contributed by atoms with Gasteiger partial charge in [0.05, 0.1) is 12.7 Å². The average Bonchev–Trinajstić information content (AvgIpc) is 2.29. The molecule has 0 unspecified atom stereocenters. The first kappa shape index (κ1) is 14.2. The summed E-state index contributed by atoms with van der Waals surface area (Å²) in [6.45, 7) is 4.03. The Morgan fingerprint density at radius 3 is 2.88 bits per heavy atom. The lowest BCUT2D eigenvalue weighted by Gasteiger charge is -2.34. The molecule has 0 radical (unpaired) electrons. The molecule has 0 aliphatic heterocycles. The lowest BCUT2D eigenvalue weighted by atomic mass is 9.76. The number of carbonyl (C=O) groups excluding carboxylic acids is 1. The number of hydrogen-bond donors (Lipinski definition) is 1. The fraction of sp³-hybridized carbons (Fsp3) is 0.786. The van der Waals surface area contributed by atoms with E-state index in [1.807, 2.05) is 6.92 Å². The third-order valence-electron chi connectivity index (χ3n) is 3.81. The van der Waals surface area contributed by atoms with Crippen LogP contribution in [0.25, 0.3) is 0 Å². The van der Waals surface area contributed by atoms with Crippen molar-refractivity contribution < 1.29 is 14.6 Å². The van der Waals surface area contributed by atoms with Crippen LogP contribution in [-0.2, 0) is 9.53 Å². The van der Waals surface area contributed by atoms with Crippen LogP contribution in [0.1, 0.15) is 52.4 Å². The number of allylic oxidation sites excluding steroid dienone is 2. The van der Waals surface area contributed by atoms with Gasteiger partial charge < -0.3 is 9.84 Å². The maximum atomic E-state index is 11.0. The summed E-state index contributed by atoms with van der Waals surface area (Å²) < 4.78 is 4.59. The Balaban J connectivity index is 2.37. The molecule has 0 spiro atoms. The van der Waals surface area contributed by atoms with Crippen molar-refractivity contribution in [2.45, 2.75) is 58.0 Å². The molecule has 0 saturated carbocycles. The van der Waals surface area contributed by atoms with Crippen molar-refractivity contribution in [1.29, 1.82) is 0 Å². The fourth-order valence-corrected chi connectivity index (χ4v) is 2.43. The molecule has 1 rings (SSSR count). The van der Waals surface area contributed by atoms with Gasteiger partial charge in [0.2, 0.25) is 0 Å². The van der Waals surface area contributed by atoms with Gasteiger partial charge in [-0.15, -0.1) is 0 Å². The number of aliphatic hydroxyl groups is 1. The number of hydrogen-bond acceptors (Lipinski definition) is 3.